The minimum absolute atomic E-state index is 0.213. The number of benzene rings is 2. The molecule has 1 atom stereocenters. The van der Waals surface area contributed by atoms with Gasteiger partial charge in [0.05, 0.1) is 0 Å². The van der Waals surface area contributed by atoms with Crippen molar-refractivity contribution < 1.29 is 4.39 Å². The molecule has 3 rings (SSSR count). The van der Waals surface area contributed by atoms with Crippen molar-refractivity contribution in [2.45, 2.75) is 18.9 Å². The molecule has 0 spiro atoms. The Hall–Kier alpha value is -2.36. The summed E-state index contributed by atoms with van der Waals surface area (Å²) in [7, 11) is 1.76. The maximum absolute atomic E-state index is 12.9. The third-order valence-electron chi connectivity index (χ3n) is 4.07. The Morgan fingerprint density at radius 2 is 1.91 bits per heavy atom. The molecule has 0 bridgehead atoms. The van der Waals surface area contributed by atoms with Gasteiger partial charge in [-0.15, -0.1) is 0 Å². The van der Waals surface area contributed by atoms with Crippen LogP contribution >= 0.6 is 0 Å². The lowest BCUT2D eigenvalue weighted by molar-refractivity contribution is 0.583. The number of guanidine groups is 1. The van der Waals surface area contributed by atoms with Crippen LogP contribution in [0.25, 0.3) is 0 Å². The van der Waals surface area contributed by atoms with Crippen LogP contribution < -0.4 is 10.6 Å². The Morgan fingerprint density at radius 3 is 2.64 bits per heavy atom. The van der Waals surface area contributed by atoms with E-state index >= 15 is 0 Å². The number of hydrogen-bond donors (Lipinski definition) is 2. The van der Waals surface area contributed by atoms with Gasteiger partial charge in [-0.1, -0.05) is 36.4 Å². The lowest BCUT2D eigenvalue weighted by atomic mass is 9.78. The van der Waals surface area contributed by atoms with Crippen molar-refractivity contribution >= 4 is 5.96 Å². The quantitative estimate of drug-likeness (QED) is 0.672. The van der Waals surface area contributed by atoms with Crippen LogP contribution in [0.4, 0.5) is 4.39 Å². The molecule has 1 aliphatic carbocycles. The molecule has 0 saturated carbocycles. The van der Waals surface area contributed by atoms with E-state index in [0.29, 0.717) is 12.5 Å². The summed E-state index contributed by atoms with van der Waals surface area (Å²) in [4.78, 5) is 4.23. The summed E-state index contributed by atoms with van der Waals surface area (Å²) in [5.74, 6) is 1.11. The Bertz CT molecular complexity index is 664. The number of nitrogens with one attached hydrogen (secondary N) is 2. The fraction of sp³-hybridized carbons (Fsp3) is 0.278. The summed E-state index contributed by atoms with van der Waals surface area (Å²) >= 11 is 0. The third-order valence-corrected chi connectivity index (χ3v) is 4.07. The van der Waals surface area contributed by atoms with E-state index in [-0.39, 0.29) is 5.82 Å². The molecule has 1 unspecified atom stereocenters. The molecule has 0 aliphatic heterocycles. The molecule has 0 heterocycles. The van der Waals surface area contributed by atoms with Crippen molar-refractivity contribution in [3.63, 3.8) is 0 Å². The van der Waals surface area contributed by atoms with Crippen molar-refractivity contribution in [2.24, 2.45) is 4.99 Å². The third kappa shape index (κ3) is 3.27. The zero-order valence-electron chi connectivity index (χ0n) is 12.6. The predicted molar refractivity (Wildman–Crippen MR) is 87.5 cm³/mol. The largest absolute Gasteiger partial charge is 0.356 e. The van der Waals surface area contributed by atoms with Gasteiger partial charge < -0.3 is 10.6 Å². The molecular formula is C18H20FN3. The highest BCUT2D eigenvalue weighted by Crippen LogP contribution is 2.33. The minimum Gasteiger partial charge on any atom is -0.356 e. The number of hydrogen-bond acceptors (Lipinski definition) is 1. The normalized spacial score (nSPS) is 16.6. The molecular weight excluding hydrogens is 277 g/mol. The van der Waals surface area contributed by atoms with Gasteiger partial charge in [0.15, 0.2) is 5.96 Å². The Morgan fingerprint density at radius 1 is 1.14 bits per heavy atom. The van der Waals surface area contributed by atoms with Crippen LogP contribution in [0, 0.1) is 5.82 Å². The van der Waals surface area contributed by atoms with Crippen molar-refractivity contribution in [1.29, 1.82) is 0 Å². The topological polar surface area (TPSA) is 36.4 Å². The molecule has 1 aliphatic rings. The van der Waals surface area contributed by atoms with E-state index in [1.807, 2.05) is 0 Å². The van der Waals surface area contributed by atoms with Gasteiger partial charge in [0.1, 0.15) is 5.82 Å². The predicted octanol–water partition coefficient (Wildman–Crippen LogP) is 2.83. The summed E-state index contributed by atoms with van der Waals surface area (Å²) in [6.07, 6.45) is 1.12. The Kier molecular flexibility index (Phi) is 4.37. The van der Waals surface area contributed by atoms with E-state index in [0.717, 1.165) is 24.5 Å². The van der Waals surface area contributed by atoms with Crippen molar-refractivity contribution in [2.75, 3.05) is 13.6 Å². The zero-order valence-corrected chi connectivity index (χ0v) is 12.6. The van der Waals surface area contributed by atoms with Crippen LogP contribution in [0.1, 0.15) is 22.6 Å². The lowest BCUT2D eigenvalue weighted by Gasteiger charge is -2.30. The number of aliphatic imine (C=N–C) groups is 1. The lowest BCUT2D eigenvalue weighted by Crippen LogP contribution is -2.40. The van der Waals surface area contributed by atoms with Crippen molar-refractivity contribution in [3.05, 3.63) is 71.0 Å². The highest BCUT2D eigenvalue weighted by molar-refractivity contribution is 5.79. The molecule has 0 fully saturated rings. The van der Waals surface area contributed by atoms with Gasteiger partial charge in [0.25, 0.3) is 0 Å². The van der Waals surface area contributed by atoms with Crippen LogP contribution in [0.15, 0.2) is 53.5 Å². The second kappa shape index (κ2) is 6.60. The van der Waals surface area contributed by atoms with Gasteiger partial charge in [-0.3, -0.25) is 4.99 Å². The second-order valence-corrected chi connectivity index (χ2v) is 5.53. The molecule has 4 heteroatoms. The van der Waals surface area contributed by atoms with Gasteiger partial charge in [-0.05, 0) is 35.2 Å². The highest BCUT2D eigenvalue weighted by Gasteiger charge is 2.25. The van der Waals surface area contributed by atoms with E-state index in [1.54, 1.807) is 19.2 Å². The molecule has 0 saturated heterocycles. The van der Waals surface area contributed by atoms with Crippen LogP contribution in [0.5, 0.6) is 0 Å². The molecule has 2 aromatic carbocycles. The number of fused-ring (bicyclic) bond motifs is 1. The summed E-state index contributed by atoms with van der Waals surface area (Å²) in [5, 5.41) is 6.61. The SMILES string of the molecule is CN=C(NCc1ccc(F)cc1)NCC1Cc2ccccc21. The molecule has 114 valence electrons. The number of nitrogens with zero attached hydrogens (tertiary/aromatic N) is 1. The molecule has 22 heavy (non-hydrogen) atoms. The van der Waals surface area contributed by atoms with E-state index in [9.17, 15) is 4.39 Å². The maximum Gasteiger partial charge on any atom is 0.191 e. The van der Waals surface area contributed by atoms with Crippen molar-refractivity contribution in [1.82, 2.24) is 10.6 Å². The van der Waals surface area contributed by atoms with Gasteiger partial charge >= 0.3 is 0 Å². The minimum atomic E-state index is -0.213. The standard InChI is InChI=1S/C18H20FN3/c1-20-18(21-11-13-6-8-16(19)9-7-13)22-12-15-10-14-4-2-3-5-17(14)15/h2-9,15H,10-12H2,1H3,(H2,20,21,22). The smallest absolute Gasteiger partial charge is 0.191 e. The van der Waals surface area contributed by atoms with Crippen LogP contribution in [0.3, 0.4) is 0 Å². The highest BCUT2D eigenvalue weighted by atomic mass is 19.1. The fourth-order valence-corrected chi connectivity index (χ4v) is 2.77. The summed E-state index contributed by atoms with van der Waals surface area (Å²) in [6, 6.07) is 15.1. The van der Waals surface area contributed by atoms with E-state index < -0.39 is 0 Å². The van der Waals surface area contributed by atoms with Gasteiger partial charge in [0, 0.05) is 26.1 Å². The Labute approximate surface area is 130 Å². The zero-order chi connectivity index (χ0) is 15.4. The van der Waals surface area contributed by atoms with E-state index in [2.05, 4.69) is 39.9 Å². The first-order valence-corrected chi connectivity index (χ1v) is 7.53. The van der Waals surface area contributed by atoms with Crippen LogP contribution in [-0.4, -0.2) is 19.6 Å². The van der Waals surface area contributed by atoms with E-state index in [4.69, 9.17) is 0 Å². The first kappa shape index (κ1) is 14.6. The summed E-state index contributed by atoms with van der Waals surface area (Å²) < 4.78 is 12.9. The van der Waals surface area contributed by atoms with Crippen molar-refractivity contribution in [3.8, 4) is 0 Å². The maximum atomic E-state index is 12.9. The molecule has 0 aromatic heterocycles. The van der Waals surface area contributed by atoms with Gasteiger partial charge in [-0.25, -0.2) is 4.39 Å². The number of halogens is 1. The molecule has 2 aromatic rings. The average molecular weight is 297 g/mol. The molecule has 2 N–H and O–H groups in total. The van der Waals surface area contributed by atoms with Crippen LogP contribution in [0.2, 0.25) is 0 Å². The van der Waals surface area contributed by atoms with Crippen LogP contribution in [-0.2, 0) is 13.0 Å². The summed E-state index contributed by atoms with van der Waals surface area (Å²) in [5.41, 5.74) is 3.91. The van der Waals surface area contributed by atoms with E-state index in [1.165, 1.54) is 23.3 Å². The monoisotopic (exact) mass is 297 g/mol. The average Bonchev–Trinajstić information content (AvgIpc) is 2.53. The Balaban J connectivity index is 1.48. The first-order valence-electron chi connectivity index (χ1n) is 7.53. The van der Waals surface area contributed by atoms with Gasteiger partial charge in [0.2, 0.25) is 0 Å². The second-order valence-electron chi connectivity index (χ2n) is 5.53. The molecule has 3 nitrogen and oxygen atoms in total. The number of rotatable bonds is 4. The summed E-state index contributed by atoms with van der Waals surface area (Å²) in [6.45, 7) is 1.50. The fourth-order valence-electron chi connectivity index (χ4n) is 2.77. The molecule has 0 amide bonds. The first-order chi connectivity index (χ1) is 10.8. The van der Waals surface area contributed by atoms with Gasteiger partial charge in [-0.2, -0.15) is 0 Å². The molecule has 0 radical (unpaired) electrons.